The van der Waals surface area contributed by atoms with Gasteiger partial charge in [-0.05, 0) is 45.0 Å². The molecule has 0 saturated heterocycles. The number of pyridine rings is 1. The van der Waals surface area contributed by atoms with E-state index in [1.54, 1.807) is 19.4 Å². The van der Waals surface area contributed by atoms with E-state index in [-0.39, 0.29) is 0 Å². The first kappa shape index (κ1) is 16.6. The minimum atomic E-state index is -0.585. The van der Waals surface area contributed by atoms with Gasteiger partial charge in [0.05, 0.1) is 10.5 Å². The van der Waals surface area contributed by atoms with Gasteiger partial charge in [0, 0.05) is 13.3 Å². The molecule has 2 aromatic heterocycles. The van der Waals surface area contributed by atoms with Crippen molar-refractivity contribution in [2.24, 2.45) is 0 Å². The Morgan fingerprint density at radius 3 is 2.62 bits per heavy atom. The van der Waals surface area contributed by atoms with Gasteiger partial charge in [0.2, 0.25) is 5.88 Å². The summed E-state index contributed by atoms with van der Waals surface area (Å²) in [5, 5.41) is 0.567. The van der Waals surface area contributed by atoms with Crippen molar-refractivity contribution in [3.8, 4) is 11.6 Å². The standard InChI is InChI=1S/C18H18ClN3O2/c1-11-17(22-13-8-5-7-12(19)15(13)21-11)24-14-9-6-10-20-16(14)18(2,3)23-4/h5-10H,1-4H3. The Bertz CT molecular complexity index is 897. The summed E-state index contributed by atoms with van der Waals surface area (Å²) in [4.78, 5) is 13.5. The van der Waals surface area contributed by atoms with Crippen molar-refractivity contribution in [3.05, 3.63) is 52.9 Å². The van der Waals surface area contributed by atoms with E-state index in [1.165, 1.54) is 0 Å². The molecular formula is C18H18ClN3O2. The monoisotopic (exact) mass is 343 g/mol. The van der Waals surface area contributed by atoms with E-state index in [0.29, 0.717) is 39.1 Å². The van der Waals surface area contributed by atoms with Gasteiger partial charge in [-0.1, -0.05) is 17.7 Å². The van der Waals surface area contributed by atoms with Gasteiger partial charge in [-0.2, -0.15) is 0 Å². The van der Waals surface area contributed by atoms with Crippen molar-refractivity contribution in [1.29, 1.82) is 0 Å². The summed E-state index contributed by atoms with van der Waals surface area (Å²) in [5.41, 5.74) is 2.10. The van der Waals surface area contributed by atoms with Crippen LogP contribution < -0.4 is 4.74 Å². The van der Waals surface area contributed by atoms with E-state index in [1.807, 2.05) is 45.0 Å². The summed E-state index contributed by atoms with van der Waals surface area (Å²) in [6, 6.07) is 9.13. The summed E-state index contributed by atoms with van der Waals surface area (Å²) < 4.78 is 11.5. The minimum Gasteiger partial charge on any atom is -0.435 e. The second-order valence-corrected chi connectivity index (χ2v) is 6.30. The van der Waals surface area contributed by atoms with E-state index in [9.17, 15) is 0 Å². The molecule has 0 saturated carbocycles. The van der Waals surface area contributed by atoms with E-state index in [0.717, 1.165) is 0 Å². The SMILES string of the molecule is COC(C)(C)c1ncccc1Oc1nc2cccc(Cl)c2nc1C. The van der Waals surface area contributed by atoms with E-state index in [2.05, 4.69) is 15.0 Å². The Balaban J connectivity index is 2.07. The van der Waals surface area contributed by atoms with Crippen LogP contribution in [0.3, 0.4) is 0 Å². The number of aryl methyl sites for hydroxylation is 1. The molecule has 0 aliphatic heterocycles. The first-order chi connectivity index (χ1) is 11.4. The molecule has 0 aliphatic rings. The first-order valence-electron chi connectivity index (χ1n) is 7.54. The molecule has 24 heavy (non-hydrogen) atoms. The average molecular weight is 344 g/mol. The highest BCUT2D eigenvalue weighted by molar-refractivity contribution is 6.34. The van der Waals surface area contributed by atoms with Crippen LogP contribution in [0.1, 0.15) is 25.2 Å². The Hall–Kier alpha value is -2.24. The predicted molar refractivity (Wildman–Crippen MR) is 93.6 cm³/mol. The number of para-hydroxylation sites is 1. The van der Waals surface area contributed by atoms with Gasteiger partial charge in [0.15, 0.2) is 5.75 Å². The summed E-state index contributed by atoms with van der Waals surface area (Å²) in [7, 11) is 1.64. The molecule has 0 radical (unpaired) electrons. The third-order valence-electron chi connectivity index (χ3n) is 3.83. The number of fused-ring (bicyclic) bond motifs is 1. The van der Waals surface area contributed by atoms with Gasteiger partial charge in [-0.15, -0.1) is 0 Å². The molecule has 0 fully saturated rings. The number of hydrogen-bond donors (Lipinski definition) is 0. The number of rotatable bonds is 4. The van der Waals surface area contributed by atoms with Gasteiger partial charge in [-0.25, -0.2) is 9.97 Å². The quantitative estimate of drug-likeness (QED) is 0.689. The molecule has 0 aliphatic carbocycles. The third-order valence-corrected chi connectivity index (χ3v) is 4.14. The molecule has 3 aromatic rings. The van der Waals surface area contributed by atoms with Crippen LogP contribution in [0.15, 0.2) is 36.5 Å². The number of halogens is 1. The fourth-order valence-electron chi connectivity index (χ4n) is 2.33. The van der Waals surface area contributed by atoms with Gasteiger partial charge < -0.3 is 9.47 Å². The lowest BCUT2D eigenvalue weighted by Crippen LogP contribution is -2.22. The van der Waals surface area contributed by atoms with Crippen molar-refractivity contribution in [2.75, 3.05) is 7.11 Å². The van der Waals surface area contributed by atoms with Crippen LogP contribution >= 0.6 is 11.6 Å². The van der Waals surface area contributed by atoms with Crippen LogP contribution in [-0.4, -0.2) is 22.1 Å². The number of ether oxygens (including phenoxy) is 2. The smallest absolute Gasteiger partial charge is 0.241 e. The largest absolute Gasteiger partial charge is 0.435 e. The topological polar surface area (TPSA) is 57.1 Å². The Kier molecular flexibility index (Phi) is 4.39. The van der Waals surface area contributed by atoms with Gasteiger partial charge >= 0.3 is 0 Å². The maximum absolute atomic E-state index is 6.18. The van der Waals surface area contributed by atoms with Crippen molar-refractivity contribution < 1.29 is 9.47 Å². The molecule has 0 spiro atoms. The molecule has 124 valence electrons. The summed E-state index contributed by atoms with van der Waals surface area (Å²) in [5.74, 6) is 1.01. The van der Waals surface area contributed by atoms with Crippen molar-refractivity contribution >= 4 is 22.6 Å². The zero-order valence-electron chi connectivity index (χ0n) is 14.0. The van der Waals surface area contributed by atoms with E-state index in [4.69, 9.17) is 21.1 Å². The lowest BCUT2D eigenvalue weighted by Gasteiger charge is -2.24. The number of aromatic nitrogens is 3. The minimum absolute atomic E-state index is 0.422. The first-order valence-corrected chi connectivity index (χ1v) is 7.91. The molecule has 3 rings (SSSR count). The molecule has 1 aromatic carbocycles. The summed E-state index contributed by atoms with van der Waals surface area (Å²) >= 11 is 6.18. The highest BCUT2D eigenvalue weighted by Crippen LogP contribution is 2.34. The van der Waals surface area contributed by atoms with Crippen molar-refractivity contribution in [3.63, 3.8) is 0 Å². The molecule has 0 amide bonds. The van der Waals surface area contributed by atoms with Crippen molar-refractivity contribution in [2.45, 2.75) is 26.4 Å². The lowest BCUT2D eigenvalue weighted by atomic mass is 10.0. The summed E-state index contributed by atoms with van der Waals surface area (Å²) in [6.45, 7) is 5.70. The molecule has 6 heteroatoms. The Morgan fingerprint density at radius 2 is 1.88 bits per heavy atom. The van der Waals surface area contributed by atoms with E-state index < -0.39 is 5.60 Å². The van der Waals surface area contributed by atoms with Crippen LogP contribution in [0.4, 0.5) is 0 Å². The predicted octanol–water partition coefficient (Wildman–Crippen LogP) is 4.66. The Morgan fingerprint density at radius 1 is 1.08 bits per heavy atom. The third kappa shape index (κ3) is 3.05. The van der Waals surface area contributed by atoms with Gasteiger partial charge in [0.1, 0.15) is 22.5 Å². The number of hydrogen-bond acceptors (Lipinski definition) is 5. The molecule has 2 heterocycles. The average Bonchev–Trinajstić information content (AvgIpc) is 2.57. The molecule has 0 atom stereocenters. The Labute approximate surface area is 145 Å². The van der Waals surface area contributed by atoms with Crippen LogP contribution in [0.2, 0.25) is 5.02 Å². The number of methoxy groups -OCH3 is 1. The number of nitrogens with zero attached hydrogens (tertiary/aromatic N) is 3. The molecule has 5 nitrogen and oxygen atoms in total. The second kappa shape index (κ2) is 6.34. The van der Waals surface area contributed by atoms with Crippen LogP contribution in [0, 0.1) is 6.92 Å². The molecule has 0 unspecified atom stereocenters. The zero-order chi connectivity index (χ0) is 17.3. The molecular weight excluding hydrogens is 326 g/mol. The van der Waals surface area contributed by atoms with Crippen LogP contribution in [-0.2, 0) is 10.3 Å². The van der Waals surface area contributed by atoms with Crippen LogP contribution in [0.5, 0.6) is 11.6 Å². The second-order valence-electron chi connectivity index (χ2n) is 5.89. The zero-order valence-corrected chi connectivity index (χ0v) is 14.8. The number of benzene rings is 1. The van der Waals surface area contributed by atoms with Crippen molar-refractivity contribution in [1.82, 2.24) is 15.0 Å². The highest BCUT2D eigenvalue weighted by atomic mass is 35.5. The maximum atomic E-state index is 6.18. The normalized spacial score (nSPS) is 11.7. The molecule has 0 N–H and O–H groups in total. The van der Waals surface area contributed by atoms with E-state index >= 15 is 0 Å². The fourth-order valence-corrected chi connectivity index (χ4v) is 2.55. The van der Waals surface area contributed by atoms with Crippen LogP contribution in [0.25, 0.3) is 11.0 Å². The molecule has 0 bridgehead atoms. The maximum Gasteiger partial charge on any atom is 0.241 e. The summed E-state index contributed by atoms with van der Waals surface area (Å²) in [6.07, 6.45) is 1.71. The lowest BCUT2D eigenvalue weighted by molar-refractivity contribution is 0.0137. The highest BCUT2D eigenvalue weighted by Gasteiger charge is 2.26. The van der Waals surface area contributed by atoms with Gasteiger partial charge in [-0.3, -0.25) is 4.98 Å². The fraction of sp³-hybridized carbons (Fsp3) is 0.278. The van der Waals surface area contributed by atoms with Gasteiger partial charge in [0.25, 0.3) is 0 Å².